The Bertz CT molecular complexity index is 286. The first-order valence-corrected chi connectivity index (χ1v) is 3.41. The first-order valence-electron chi connectivity index (χ1n) is 3.41. The highest BCUT2D eigenvalue weighted by atomic mass is 19.1. The molecule has 2 aliphatic heterocycles. The number of nitrogens with zero attached hydrogens (tertiary/aromatic N) is 2. The van der Waals surface area contributed by atoms with Crippen molar-refractivity contribution >= 4 is 5.84 Å². The molecule has 0 bridgehead atoms. The fourth-order valence-corrected chi connectivity index (χ4v) is 1.06. The van der Waals surface area contributed by atoms with Crippen LogP contribution in [-0.2, 0) is 0 Å². The van der Waals surface area contributed by atoms with Crippen molar-refractivity contribution in [1.82, 2.24) is 4.90 Å². The van der Waals surface area contributed by atoms with Gasteiger partial charge in [-0.25, -0.2) is 9.38 Å². The lowest BCUT2D eigenvalue weighted by Crippen LogP contribution is -2.27. The Morgan fingerprint density at radius 3 is 3.27 bits per heavy atom. The predicted molar refractivity (Wildman–Crippen MR) is 41.6 cm³/mol. The third-order valence-corrected chi connectivity index (χ3v) is 1.58. The largest absolute Gasteiger partial charge is 0.326 e. The van der Waals surface area contributed by atoms with Gasteiger partial charge in [0, 0.05) is 18.9 Å². The normalized spacial score (nSPS) is 21.0. The average Bonchev–Trinajstić information content (AvgIpc) is 2.04. The first-order chi connectivity index (χ1) is 5.36. The van der Waals surface area contributed by atoms with E-state index in [0.717, 1.165) is 5.84 Å². The zero-order valence-corrected chi connectivity index (χ0v) is 5.87. The molecule has 2 nitrogen and oxygen atoms in total. The molecule has 0 atom stereocenters. The van der Waals surface area contributed by atoms with Crippen LogP contribution in [-0.4, -0.2) is 17.3 Å². The zero-order valence-electron chi connectivity index (χ0n) is 5.87. The van der Waals surface area contributed by atoms with Crippen LogP contribution in [0.1, 0.15) is 0 Å². The van der Waals surface area contributed by atoms with E-state index in [2.05, 4.69) is 4.99 Å². The molecule has 56 valence electrons. The number of halogens is 1. The van der Waals surface area contributed by atoms with E-state index in [9.17, 15) is 4.39 Å². The summed E-state index contributed by atoms with van der Waals surface area (Å²) in [7, 11) is 0. The van der Waals surface area contributed by atoms with Crippen LogP contribution in [0.15, 0.2) is 41.4 Å². The molecular weight excluding hydrogens is 143 g/mol. The topological polar surface area (TPSA) is 15.6 Å². The molecule has 11 heavy (non-hydrogen) atoms. The maximum Gasteiger partial charge on any atom is 0.139 e. The molecular formula is C8H7FN2. The summed E-state index contributed by atoms with van der Waals surface area (Å²) in [4.78, 5) is 5.81. The Labute approximate surface area is 64.0 Å². The van der Waals surface area contributed by atoms with Gasteiger partial charge in [0.25, 0.3) is 0 Å². The van der Waals surface area contributed by atoms with Gasteiger partial charge in [0.2, 0.25) is 0 Å². The van der Waals surface area contributed by atoms with Gasteiger partial charge in [0.15, 0.2) is 0 Å². The third kappa shape index (κ3) is 1.09. The highest BCUT2D eigenvalue weighted by Gasteiger charge is 2.11. The Morgan fingerprint density at radius 1 is 1.45 bits per heavy atom. The summed E-state index contributed by atoms with van der Waals surface area (Å²) in [5.74, 6) is 0.577. The number of amidine groups is 1. The lowest BCUT2D eigenvalue weighted by molar-refractivity contribution is 0.561. The van der Waals surface area contributed by atoms with Crippen LogP contribution in [0.25, 0.3) is 0 Å². The molecule has 0 aromatic heterocycles. The molecule has 0 aromatic rings. The van der Waals surface area contributed by atoms with Gasteiger partial charge in [-0.2, -0.15) is 0 Å². The van der Waals surface area contributed by atoms with Crippen molar-refractivity contribution in [3.8, 4) is 0 Å². The standard InChI is InChI=1S/C8H7FN2/c9-7-2-3-8-10-4-1-5-11(8)6-7/h1-4,6H,5H2. The minimum Gasteiger partial charge on any atom is -0.326 e. The van der Waals surface area contributed by atoms with Crippen LogP contribution in [0, 0.1) is 0 Å². The fraction of sp³-hybridized carbons (Fsp3) is 0.125. The lowest BCUT2D eigenvalue weighted by Gasteiger charge is -2.22. The number of allylic oxidation sites excluding steroid dienone is 2. The number of rotatable bonds is 0. The minimum atomic E-state index is -0.223. The molecule has 0 N–H and O–H groups in total. The lowest BCUT2D eigenvalue weighted by atomic mass is 10.3. The third-order valence-electron chi connectivity index (χ3n) is 1.58. The van der Waals surface area contributed by atoms with E-state index < -0.39 is 0 Å². The van der Waals surface area contributed by atoms with Crippen molar-refractivity contribution in [3.63, 3.8) is 0 Å². The minimum absolute atomic E-state index is 0.223. The van der Waals surface area contributed by atoms with E-state index in [-0.39, 0.29) is 5.83 Å². The molecule has 0 unspecified atom stereocenters. The fourth-order valence-electron chi connectivity index (χ4n) is 1.06. The van der Waals surface area contributed by atoms with Crippen LogP contribution < -0.4 is 0 Å². The van der Waals surface area contributed by atoms with Gasteiger partial charge in [-0.3, -0.25) is 0 Å². The molecule has 0 saturated heterocycles. The summed E-state index contributed by atoms with van der Waals surface area (Å²) < 4.78 is 12.6. The molecule has 0 saturated carbocycles. The van der Waals surface area contributed by atoms with Gasteiger partial charge < -0.3 is 4.90 Å². The summed E-state index contributed by atoms with van der Waals surface area (Å²) in [5.41, 5.74) is 0. The highest BCUT2D eigenvalue weighted by molar-refractivity contribution is 5.96. The number of hydrogen-bond acceptors (Lipinski definition) is 2. The summed E-state index contributed by atoms with van der Waals surface area (Å²) in [5, 5.41) is 0. The van der Waals surface area contributed by atoms with E-state index in [1.807, 2.05) is 6.08 Å². The molecule has 0 fully saturated rings. The number of aliphatic imine (C=N–C) groups is 1. The predicted octanol–water partition coefficient (Wildman–Crippen LogP) is 1.59. The van der Waals surface area contributed by atoms with Gasteiger partial charge in [0.1, 0.15) is 11.7 Å². The Kier molecular flexibility index (Phi) is 1.35. The smallest absolute Gasteiger partial charge is 0.139 e. The van der Waals surface area contributed by atoms with Gasteiger partial charge in [0.05, 0.1) is 0 Å². The van der Waals surface area contributed by atoms with Gasteiger partial charge in [-0.1, -0.05) is 0 Å². The Hall–Kier alpha value is -1.38. The van der Waals surface area contributed by atoms with Crippen molar-refractivity contribution in [2.45, 2.75) is 0 Å². The molecule has 2 rings (SSSR count). The van der Waals surface area contributed by atoms with Crippen LogP contribution >= 0.6 is 0 Å². The SMILES string of the molecule is FC1=CN2CC=CN=C2C=C1. The quantitative estimate of drug-likeness (QED) is 0.512. The maximum absolute atomic E-state index is 12.6. The van der Waals surface area contributed by atoms with Crippen LogP contribution in [0.4, 0.5) is 4.39 Å². The molecule has 2 heterocycles. The number of fused-ring (bicyclic) bond motifs is 1. The zero-order chi connectivity index (χ0) is 7.68. The van der Waals surface area contributed by atoms with E-state index in [1.165, 1.54) is 12.3 Å². The Balaban J connectivity index is 2.33. The van der Waals surface area contributed by atoms with Gasteiger partial charge >= 0.3 is 0 Å². The maximum atomic E-state index is 12.6. The summed E-state index contributed by atoms with van der Waals surface area (Å²) >= 11 is 0. The summed E-state index contributed by atoms with van der Waals surface area (Å²) in [6.07, 6.45) is 8.13. The average molecular weight is 150 g/mol. The summed E-state index contributed by atoms with van der Waals surface area (Å²) in [6, 6.07) is 0. The van der Waals surface area contributed by atoms with Gasteiger partial charge in [-0.15, -0.1) is 0 Å². The molecule has 0 aromatic carbocycles. The Morgan fingerprint density at radius 2 is 2.36 bits per heavy atom. The van der Waals surface area contributed by atoms with Crippen molar-refractivity contribution < 1.29 is 4.39 Å². The van der Waals surface area contributed by atoms with E-state index in [1.54, 1.807) is 17.2 Å². The van der Waals surface area contributed by atoms with Crippen LogP contribution in [0.3, 0.4) is 0 Å². The summed E-state index contributed by atoms with van der Waals surface area (Å²) in [6.45, 7) is 0.705. The molecule has 0 radical (unpaired) electrons. The molecule has 0 spiro atoms. The van der Waals surface area contributed by atoms with E-state index >= 15 is 0 Å². The van der Waals surface area contributed by atoms with Crippen molar-refractivity contribution in [1.29, 1.82) is 0 Å². The molecule has 3 heteroatoms. The van der Waals surface area contributed by atoms with Gasteiger partial charge in [-0.05, 0) is 18.2 Å². The highest BCUT2D eigenvalue weighted by Crippen LogP contribution is 2.12. The van der Waals surface area contributed by atoms with Crippen LogP contribution in [0.5, 0.6) is 0 Å². The van der Waals surface area contributed by atoms with E-state index in [0.29, 0.717) is 6.54 Å². The van der Waals surface area contributed by atoms with Crippen molar-refractivity contribution in [2.75, 3.05) is 6.54 Å². The van der Waals surface area contributed by atoms with Crippen LogP contribution in [0.2, 0.25) is 0 Å². The monoisotopic (exact) mass is 150 g/mol. The molecule has 0 aliphatic carbocycles. The second-order valence-electron chi connectivity index (χ2n) is 2.37. The molecule has 2 aliphatic rings. The first kappa shape index (κ1) is 6.34. The molecule has 0 amide bonds. The van der Waals surface area contributed by atoms with Crippen molar-refractivity contribution in [3.05, 3.63) is 36.5 Å². The second-order valence-corrected chi connectivity index (χ2v) is 2.37. The second kappa shape index (κ2) is 2.34. The number of hydrogen-bond donors (Lipinski definition) is 0. The van der Waals surface area contributed by atoms with Crippen molar-refractivity contribution in [2.24, 2.45) is 4.99 Å². The van der Waals surface area contributed by atoms with E-state index in [4.69, 9.17) is 0 Å².